The average Bonchev–Trinajstić information content (AvgIpc) is 3.36. The monoisotopic (exact) mass is 467 g/mol. The molecule has 4 nitrogen and oxygen atoms in total. The Morgan fingerprint density at radius 2 is 1.60 bits per heavy atom. The van der Waals surface area contributed by atoms with Crippen LogP contribution in [0.5, 0.6) is 5.75 Å². The lowest BCUT2D eigenvalue weighted by Gasteiger charge is -2.52. The summed E-state index contributed by atoms with van der Waals surface area (Å²) in [4.78, 5) is 2.67. The van der Waals surface area contributed by atoms with Crippen LogP contribution in [0.4, 0.5) is 4.39 Å². The summed E-state index contributed by atoms with van der Waals surface area (Å²) in [6.45, 7) is 1.98. The first-order valence-electron chi connectivity index (χ1n) is 12.9. The lowest BCUT2D eigenvalue weighted by atomic mass is 9.84. The van der Waals surface area contributed by atoms with Crippen molar-refractivity contribution >= 4 is 5.71 Å². The van der Waals surface area contributed by atoms with Crippen molar-refractivity contribution in [3.63, 3.8) is 0 Å². The fourth-order valence-corrected chi connectivity index (χ4v) is 6.67. The Morgan fingerprint density at radius 1 is 0.857 bits per heavy atom. The van der Waals surface area contributed by atoms with Crippen molar-refractivity contribution in [1.29, 1.82) is 0 Å². The van der Waals surface area contributed by atoms with Gasteiger partial charge in [0.05, 0.1) is 11.8 Å². The molecule has 0 aromatic heterocycles. The number of fused-ring (bicyclic) bond motifs is 5. The average molecular weight is 468 g/mol. The van der Waals surface area contributed by atoms with E-state index in [1.807, 2.05) is 12.1 Å². The van der Waals surface area contributed by atoms with Crippen molar-refractivity contribution in [3.05, 3.63) is 101 Å². The third-order valence-corrected chi connectivity index (χ3v) is 8.44. The summed E-state index contributed by atoms with van der Waals surface area (Å²) in [6.07, 6.45) is 6.32. The van der Waals surface area contributed by atoms with E-state index in [4.69, 9.17) is 9.84 Å². The van der Waals surface area contributed by atoms with Gasteiger partial charge in [0.1, 0.15) is 11.6 Å². The Labute approximate surface area is 206 Å². The summed E-state index contributed by atoms with van der Waals surface area (Å²) in [5.41, 5.74) is 5.79. The molecule has 0 unspecified atom stereocenters. The first-order valence-corrected chi connectivity index (χ1v) is 12.9. The van der Waals surface area contributed by atoms with Crippen LogP contribution >= 0.6 is 0 Å². The molecule has 1 spiro atoms. The molecule has 0 bridgehead atoms. The zero-order chi connectivity index (χ0) is 23.4. The molecular formula is C30H30FN3O. The molecule has 3 aliphatic heterocycles. The molecule has 1 fully saturated rings. The van der Waals surface area contributed by atoms with Gasteiger partial charge in [0.15, 0.2) is 0 Å². The third kappa shape index (κ3) is 3.48. The number of benzene rings is 3. The molecule has 0 radical (unpaired) electrons. The Morgan fingerprint density at radius 3 is 2.43 bits per heavy atom. The predicted octanol–water partition coefficient (Wildman–Crippen LogP) is 6.24. The summed E-state index contributed by atoms with van der Waals surface area (Å²) in [5, 5.41) is 7.39. The van der Waals surface area contributed by atoms with Crippen LogP contribution < -0.4 is 4.74 Å². The van der Waals surface area contributed by atoms with Gasteiger partial charge in [0, 0.05) is 44.0 Å². The van der Waals surface area contributed by atoms with Gasteiger partial charge in [-0.2, -0.15) is 5.10 Å². The maximum Gasteiger partial charge on any atom is 0.200 e. The van der Waals surface area contributed by atoms with Crippen molar-refractivity contribution in [3.8, 4) is 5.75 Å². The molecule has 178 valence electrons. The molecule has 1 saturated heterocycles. The second-order valence-corrected chi connectivity index (χ2v) is 10.3. The highest BCUT2D eigenvalue weighted by Gasteiger charge is 2.52. The normalized spacial score (nSPS) is 24.8. The number of nitrogens with zero attached hydrogens (tertiary/aromatic N) is 3. The Hall–Kier alpha value is -3.18. The minimum absolute atomic E-state index is 0.155. The van der Waals surface area contributed by atoms with Gasteiger partial charge in [0.2, 0.25) is 5.72 Å². The minimum Gasteiger partial charge on any atom is -0.466 e. The fraction of sp³-hybridized carbons (Fsp3) is 0.367. The number of para-hydroxylation sites is 1. The van der Waals surface area contributed by atoms with Crippen molar-refractivity contribution in [2.75, 3.05) is 13.1 Å². The van der Waals surface area contributed by atoms with Gasteiger partial charge in [-0.1, -0.05) is 54.6 Å². The highest BCUT2D eigenvalue weighted by atomic mass is 19.1. The summed E-state index contributed by atoms with van der Waals surface area (Å²) < 4.78 is 20.4. The molecule has 3 aromatic carbocycles. The molecule has 0 amide bonds. The van der Waals surface area contributed by atoms with Crippen molar-refractivity contribution < 1.29 is 9.13 Å². The lowest BCUT2D eigenvalue weighted by Crippen LogP contribution is -2.59. The van der Waals surface area contributed by atoms with E-state index < -0.39 is 5.72 Å². The third-order valence-electron chi connectivity index (χ3n) is 8.44. The van der Waals surface area contributed by atoms with Crippen LogP contribution in [0.3, 0.4) is 0 Å². The second-order valence-electron chi connectivity index (χ2n) is 10.3. The number of ether oxygens (including phenoxy) is 1. The molecule has 0 N–H and O–H groups in total. The van der Waals surface area contributed by atoms with E-state index >= 15 is 0 Å². The van der Waals surface area contributed by atoms with Gasteiger partial charge < -0.3 is 4.74 Å². The summed E-state index contributed by atoms with van der Waals surface area (Å²) >= 11 is 0. The SMILES string of the molecule is Fc1ccc(C2=NN3[C@H](C2)c2ccccc2OC32CCN([C@@H]3CCCc4ccccc43)CC2)cc1. The Kier molecular flexibility index (Phi) is 4.95. The molecule has 2 atom stereocenters. The van der Waals surface area contributed by atoms with E-state index in [0.29, 0.717) is 6.04 Å². The first kappa shape index (κ1) is 21.1. The molecule has 3 heterocycles. The van der Waals surface area contributed by atoms with Crippen molar-refractivity contribution in [2.45, 2.75) is 56.3 Å². The quantitative estimate of drug-likeness (QED) is 0.447. The molecule has 35 heavy (non-hydrogen) atoms. The largest absolute Gasteiger partial charge is 0.466 e. The maximum atomic E-state index is 13.6. The number of hydrazone groups is 1. The van der Waals surface area contributed by atoms with E-state index in [1.54, 1.807) is 0 Å². The predicted molar refractivity (Wildman–Crippen MR) is 135 cm³/mol. The second kappa shape index (κ2) is 8.20. The zero-order valence-electron chi connectivity index (χ0n) is 19.9. The van der Waals surface area contributed by atoms with Crippen LogP contribution in [-0.4, -0.2) is 34.4 Å². The Bertz CT molecular complexity index is 1280. The van der Waals surface area contributed by atoms with Gasteiger partial charge in [-0.25, -0.2) is 9.40 Å². The number of aryl methyl sites for hydroxylation is 1. The van der Waals surface area contributed by atoms with Crippen LogP contribution in [0.15, 0.2) is 77.9 Å². The Balaban J connectivity index is 1.20. The van der Waals surface area contributed by atoms with Gasteiger partial charge in [0.25, 0.3) is 0 Å². The first-order chi connectivity index (χ1) is 17.2. The highest BCUT2D eigenvalue weighted by Crippen LogP contribution is 2.50. The molecule has 7 rings (SSSR count). The molecular weight excluding hydrogens is 437 g/mol. The van der Waals surface area contributed by atoms with E-state index in [9.17, 15) is 4.39 Å². The van der Waals surface area contributed by atoms with Gasteiger partial charge in [-0.05, 0) is 54.2 Å². The molecule has 5 heteroatoms. The van der Waals surface area contributed by atoms with Crippen molar-refractivity contribution in [2.24, 2.45) is 5.10 Å². The van der Waals surface area contributed by atoms with E-state index in [-0.39, 0.29) is 11.9 Å². The lowest BCUT2D eigenvalue weighted by molar-refractivity contribution is -0.153. The smallest absolute Gasteiger partial charge is 0.200 e. The molecule has 0 saturated carbocycles. The molecule has 4 aliphatic rings. The minimum atomic E-state index is -0.439. The summed E-state index contributed by atoms with van der Waals surface area (Å²) in [6, 6.07) is 24.8. The molecule has 1 aliphatic carbocycles. The summed E-state index contributed by atoms with van der Waals surface area (Å²) in [7, 11) is 0. The van der Waals surface area contributed by atoms with Crippen LogP contribution in [0.2, 0.25) is 0 Å². The standard InChI is InChI=1S/C30H30FN3O/c31-23-14-12-22(13-15-23)26-20-28-25-9-3-4-11-29(25)35-30(34(28)32-26)16-18-33(19-17-30)27-10-5-7-21-6-1-2-8-24(21)27/h1-4,6,8-9,11-15,27-28H,5,7,10,16-20H2/t27-,28-/m1/s1. The highest BCUT2D eigenvalue weighted by molar-refractivity contribution is 6.02. The van der Waals surface area contributed by atoms with Crippen LogP contribution in [0.1, 0.15) is 66.4 Å². The van der Waals surface area contributed by atoms with Crippen LogP contribution in [-0.2, 0) is 6.42 Å². The number of hydrogen-bond donors (Lipinski definition) is 0. The zero-order valence-corrected chi connectivity index (χ0v) is 19.9. The van der Waals surface area contributed by atoms with Crippen molar-refractivity contribution in [1.82, 2.24) is 9.91 Å². The molecule has 3 aromatic rings. The van der Waals surface area contributed by atoms with Gasteiger partial charge in [-0.15, -0.1) is 0 Å². The van der Waals surface area contributed by atoms with E-state index in [2.05, 4.69) is 58.4 Å². The number of rotatable bonds is 2. The number of piperidine rings is 1. The van der Waals surface area contributed by atoms with E-state index in [1.165, 1.54) is 48.1 Å². The maximum absolute atomic E-state index is 13.6. The number of halogens is 1. The topological polar surface area (TPSA) is 28.1 Å². The summed E-state index contributed by atoms with van der Waals surface area (Å²) in [5.74, 6) is 0.771. The fourth-order valence-electron chi connectivity index (χ4n) is 6.67. The van der Waals surface area contributed by atoms with Gasteiger partial charge in [-0.3, -0.25) is 4.90 Å². The van der Waals surface area contributed by atoms with Gasteiger partial charge >= 0.3 is 0 Å². The number of hydrogen-bond acceptors (Lipinski definition) is 4. The van der Waals surface area contributed by atoms with Crippen LogP contribution in [0, 0.1) is 5.82 Å². The van der Waals surface area contributed by atoms with Crippen LogP contribution in [0.25, 0.3) is 0 Å². The van der Waals surface area contributed by atoms with E-state index in [0.717, 1.165) is 49.4 Å². The number of likely N-dealkylation sites (tertiary alicyclic amines) is 1.